The van der Waals surface area contributed by atoms with Gasteiger partial charge < -0.3 is 15.1 Å². The summed E-state index contributed by atoms with van der Waals surface area (Å²) >= 11 is 0. The monoisotopic (exact) mass is 464 g/mol. The van der Waals surface area contributed by atoms with E-state index in [1.807, 2.05) is 6.92 Å². The fourth-order valence-electron chi connectivity index (χ4n) is 4.60. The van der Waals surface area contributed by atoms with Crippen LogP contribution in [0.25, 0.3) is 11.1 Å². The molecule has 10 heteroatoms. The minimum atomic E-state index is -1.71. The molecule has 3 aromatic rings. The van der Waals surface area contributed by atoms with Gasteiger partial charge in [0.1, 0.15) is 22.6 Å². The Morgan fingerprint density at radius 3 is 2.59 bits per heavy atom. The van der Waals surface area contributed by atoms with Gasteiger partial charge in [-0.05, 0) is 44.7 Å². The number of anilines is 1. The number of halogens is 1. The lowest BCUT2D eigenvalue weighted by molar-refractivity contribution is -0.605. The molecular weight excluding hydrogens is 443 g/mol. The van der Waals surface area contributed by atoms with Gasteiger partial charge in [0.15, 0.2) is 12.4 Å². The number of fused-ring (bicyclic) bond motifs is 2. The Morgan fingerprint density at radius 2 is 1.88 bits per heavy atom. The lowest BCUT2D eigenvalue weighted by Crippen LogP contribution is -2.49. The van der Waals surface area contributed by atoms with E-state index in [1.54, 1.807) is 18.2 Å². The summed E-state index contributed by atoms with van der Waals surface area (Å²) in [5.74, 6) is -1.69. The second-order valence-corrected chi connectivity index (χ2v) is 8.78. The molecule has 2 N–H and O–H groups in total. The number of carbonyl (C=O) groups excluding carboxylic acids is 2. The summed E-state index contributed by atoms with van der Waals surface area (Å²) < 4.78 is 20.2. The summed E-state index contributed by atoms with van der Waals surface area (Å²) in [6.45, 7) is 1.85. The standard InChI is InChI=1S/C24H21FN4O5/c1-14-2-3-19(25)16(10-14)15-11-26-22(27-12-15)28-21(31)23(32)5-7-24(8-6-23)18-4-9-29(33)13-17(18)20(30)34-24/h2-4,9-13,32H,5-8H2,1H3,(H,26,27,28,31)/t23-,24-. The van der Waals surface area contributed by atoms with Crippen LogP contribution in [0.4, 0.5) is 10.3 Å². The Balaban J connectivity index is 1.28. The van der Waals surface area contributed by atoms with Gasteiger partial charge in [-0.2, -0.15) is 4.73 Å². The second kappa shape index (κ2) is 7.84. The summed E-state index contributed by atoms with van der Waals surface area (Å²) in [6.07, 6.45) is 5.75. The van der Waals surface area contributed by atoms with E-state index in [4.69, 9.17) is 4.74 Å². The SMILES string of the molecule is Cc1ccc(F)c(-c2cnc(NC(=O)[C@]3(O)CC[C@@]4(CC3)OC(=O)c3c[n+]([O-])ccc34)nc2)c1. The first kappa shape index (κ1) is 21.9. The summed E-state index contributed by atoms with van der Waals surface area (Å²) in [7, 11) is 0. The van der Waals surface area contributed by atoms with Crippen LogP contribution < -0.4 is 10.0 Å². The second-order valence-electron chi connectivity index (χ2n) is 8.78. The van der Waals surface area contributed by atoms with Gasteiger partial charge in [0.2, 0.25) is 5.95 Å². The molecule has 174 valence electrons. The van der Waals surface area contributed by atoms with E-state index in [1.165, 1.54) is 30.9 Å². The normalized spacial score (nSPS) is 23.4. The van der Waals surface area contributed by atoms with Crippen LogP contribution in [-0.2, 0) is 15.1 Å². The molecule has 0 radical (unpaired) electrons. The Kier molecular flexibility index (Phi) is 5.05. The summed E-state index contributed by atoms with van der Waals surface area (Å²) in [5.41, 5.74) is -0.197. The molecule has 1 amide bonds. The zero-order valence-corrected chi connectivity index (χ0v) is 18.2. The molecule has 0 atom stereocenters. The number of aryl methyl sites for hydroxylation is 1. The van der Waals surface area contributed by atoms with Crippen molar-refractivity contribution in [3.63, 3.8) is 0 Å². The molecule has 1 aliphatic heterocycles. The van der Waals surface area contributed by atoms with Crippen LogP contribution in [0.3, 0.4) is 0 Å². The van der Waals surface area contributed by atoms with Crippen LogP contribution in [0.15, 0.2) is 49.1 Å². The van der Waals surface area contributed by atoms with Gasteiger partial charge in [-0.1, -0.05) is 11.6 Å². The molecule has 1 aromatic carbocycles. The number of rotatable bonds is 3. The van der Waals surface area contributed by atoms with Crippen LogP contribution in [0.1, 0.15) is 47.2 Å². The van der Waals surface area contributed by atoms with E-state index < -0.39 is 28.9 Å². The van der Waals surface area contributed by atoms with Gasteiger partial charge in [0.05, 0.1) is 0 Å². The minimum Gasteiger partial charge on any atom is -0.619 e. The maximum atomic E-state index is 14.1. The third-order valence-corrected chi connectivity index (χ3v) is 6.55. The molecule has 0 unspecified atom stereocenters. The third kappa shape index (κ3) is 3.65. The average Bonchev–Trinajstić information content (AvgIpc) is 3.09. The van der Waals surface area contributed by atoms with Gasteiger partial charge in [-0.25, -0.2) is 19.2 Å². The zero-order chi connectivity index (χ0) is 24.1. The lowest BCUT2D eigenvalue weighted by atomic mass is 9.72. The number of ether oxygens (including phenoxy) is 1. The number of aliphatic hydroxyl groups is 1. The molecule has 1 aliphatic carbocycles. The third-order valence-electron chi connectivity index (χ3n) is 6.55. The van der Waals surface area contributed by atoms with Gasteiger partial charge in [0.25, 0.3) is 5.91 Å². The number of hydrogen-bond donors (Lipinski definition) is 2. The van der Waals surface area contributed by atoms with Crippen LogP contribution in [-0.4, -0.2) is 32.6 Å². The number of nitrogens with zero attached hydrogens (tertiary/aromatic N) is 3. The Labute approximate surface area is 193 Å². The number of nitrogens with one attached hydrogen (secondary N) is 1. The van der Waals surface area contributed by atoms with Crippen molar-refractivity contribution in [2.75, 3.05) is 5.32 Å². The largest absolute Gasteiger partial charge is 0.619 e. The van der Waals surface area contributed by atoms with Gasteiger partial charge >= 0.3 is 5.97 Å². The van der Waals surface area contributed by atoms with E-state index in [9.17, 15) is 24.3 Å². The van der Waals surface area contributed by atoms with E-state index >= 15 is 0 Å². The molecular formula is C24H21FN4O5. The Morgan fingerprint density at radius 1 is 1.18 bits per heavy atom. The molecule has 9 nitrogen and oxygen atoms in total. The quantitative estimate of drug-likeness (QED) is 0.346. The molecule has 5 rings (SSSR count). The zero-order valence-electron chi connectivity index (χ0n) is 18.2. The molecule has 3 heterocycles. The van der Waals surface area contributed by atoms with E-state index in [2.05, 4.69) is 15.3 Å². The number of amides is 1. The molecule has 1 saturated carbocycles. The van der Waals surface area contributed by atoms with Crippen molar-refractivity contribution in [2.24, 2.45) is 0 Å². The first-order valence-electron chi connectivity index (χ1n) is 10.8. The molecule has 0 saturated heterocycles. The first-order chi connectivity index (χ1) is 16.2. The van der Waals surface area contributed by atoms with Crippen molar-refractivity contribution in [3.8, 4) is 11.1 Å². The van der Waals surface area contributed by atoms with E-state index in [-0.39, 0.29) is 37.2 Å². The topological polar surface area (TPSA) is 128 Å². The number of aromatic nitrogens is 3. The van der Waals surface area contributed by atoms with Crippen LogP contribution in [0, 0.1) is 17.9 Å². The summed E-state index contributed by atoms with van der Waals surface area (Å²) in [6, 6.07) is 6.25. The van der Waals surface area contributed by atoms with Crippen LogP contribution in [0.5, 0.6) is 0 Å². The first-order valence-corrected chi connectivity index (χ1v) is 10.8. The maximum Gasteiger partial charge on any atom is 0.345 e. The Bertz CT molecular complexity index is 1300. The predicted molar refractivity (Wildman–Crippen MR) is 117 cm³/mol. The van der Waals surface area contributed by atoms with Crippen molar-refractivity contribution in [1.82, 2.24) is 9.97 Å². The number of carbonyl (C=O) groups is 2. The van der Waals surface area contributed by atoms with Gasteiger partial charge in [-0.15, -0.1) is 0 Å². The van der Waals surface area contributed by atoms with Crippen LogP contribution in [0.2, 0.25) is 0 Å². The maximum absolute atomic E-state index is 14.1. The predicted octanol–water partition coefficient (Wildman–Crippen LogP) is 2.53. The van der Waals surface area contributed by atoms with Crippen LogP contribution >= 0.6 is 0 Å². The van der Waals surface area contributed by atoms with Crippen molar-refractivity contribution < 1.29 is 28.6 Å². The van der Waals surface area contributed by atoms with E-state index in [0.717, 1.165) is 5.56 Å². The fraction of sp³-hybridized carbons (Fsp3) is 0.292. The van der Waals surface area contributed by atoms with E-state index in [0.29, 0.717) is 21.4 Å². The minimum absolute atomic E-state index is 0.0202. The number of pyridine rings is 1. The van der Waals surface area contributed by atoms with Crippen molar-refractivity contribution in [1.29, 1.82) is 0 Å². The molecule has 1 spiro atoms. The van der Waals surface area contributed by atoms with Crippen molar-refractivity contribution in [3.05, 3.63) is 76.8 Å². The Hall–Kier alpha value is -3.92. The van der Waals surface area contributed by atoms with Crippen molar-refractivity contribution >= 4 is 17.8 Å². The molecule has 0 bridgehead atoms. The summed E-state index contributed by atoms with van der Waals surface area (Å²) in [4.78, 5) is 33.3. The van der Waals surface area contributed by atoms with Gasteiger partial charge in [-0.3, -0.25) is 10.1 Å². The molecule has 2 aromatic heterocycles. The highest BCUT2D eigenvalue weighted by Gasteiger charge is 2.53. The van der Waals surface area contributed by atoms with Gasteiger partial charge in [0, 0.05) is 35.2 Å². The molecule has 34 heavy (non-hydrogen) atoms. The number of benzene rings is 1. The molecule has 2 aliphatic rings. The number of hydrogen-bond acceptors (Lipinski definition) is 7. The number of esters is 1. The smallest absolute Gasteiger partial charge is 0.345 e. The molecule has 1 fully saturated rings. The average molecular weight is 464 g/mol. The fourth-order valence-corrected chi connectivity index (χ4v) is 4.60. The summed E-state index contributed by atoms with van der Waals surface area (Å²) in [5, 5.41) is 25.0. The highest BCUT2D eigenvalue weighted by Crippen LogP contribution is 2.49. The highest BCUT2D eigenvalue weighted by atomic mass is 19.1. The van der Waals surface area contributed by atoms with Crippen molar-refractivity contribution in [2.45, 2.75) is 43.8 Å². The lowest BCUT2D eigenvalue weighted by Gasteiger charge is -2.40. The highest BCUT2D eigenvalue weighted by molar-refractivity contribution is 5.96.